The van der Waals surface area contributed by atoms with Crippen molar-refractivity contribution in [3.8, 4) is 0 Å². The van der Waals surface area contributed by atoms with Crippen LogP contribution in [0.1, 0.15) is 33.8 Å². The number of aliphatic imine (C=N–C) groups is 1. The van der Waals surface area contributed by atoms with Crippen molar-refractivity contribution >= 4 is 23.5 Å². The second-order valence-electron chi connectivity index (χ2n) is 3.94. The molecule has 0 radical (unpaired) electrons. The Labute approximate surface area is 99.8 Å². The number of piperidine rings is 1. The van der Waals surface area contributed by atoms with Gasteiger partial charge in [0.25, 0.3) is 5.91 Å². The van der Waals surface area contributed by atoms with Crippen molar-refractivity contribution in [3.63, 3.8) is 0 Å². The minimum absolute atomic E-state index is 0.181. The first-order chi connectivity index (χ1) is 7.81. The second kappa shape index (κ2) is 5.25. The molecule has 0 spiro atoms. The fourth-order valence-electron chi connectivity index (χ4n) is 1.92. The SMILES string of the molecule is CN=Cc1ccc(C(=O)N2CCCCC2)s1. The number of nitrogens with zero attached hydrogens (tertiary/aromatic N) is 2. The van der Waals surface area contributed by atoms with Gasteiger partial charge in [0.1, 0.15) is 0 Å². The molecule has 16 heavy (non-hydrogen) atoms. The van der Waals surface area contributed by atoms with E-state index >= 15 is 0 Å². The average Bonchev–Trinajstić information content (AvgIpc) is 2.78. The van der Waals surface area contributed by atoms with Crippen LogP contribution in [0.25, 0.3) is 0 Å². The Kier molecular flexibility index (Phi) is 3.72. The monoisotopic (exact) mass is 236 g/mol. The van der Waals surface area contributed by atoms with E-state index in [9.17, 15) is 4.79 Å². The van der Waals surface area contributed by atoms with Crippen molar-refractivity contribution in [3.05, 3.63) is 21.9 Å². The maximum Gasteiger partial charge on any atom is 0.263 e. The smallest absolute Gasteiger partial charge is 0.263 e. The summed E-state index contributed by atoms with van der Waals surface area (Å²) in [5, 5.41) is 0. The zero-order valence-corrected chi connectivity index (χ0v) is 10.3. The van der Waals surface area contributed by atoms with E-state index < -0.39 is 0 Å². The molecule has 4 heteroatoms. The van der Waals surface area contributed by atoms with Crippen molar-refractivity contribution in [1.82, 2.24) is 4.90 Å². The standard InChI is InChI=1S/C12H16N2OS/c1-13-9-10-5-6-11(16-10)12(15)14-7-3-2-4-8-14/h5-6,9H,2-4,7-8H2,1H3. The molecule has 0 atom stereocenters. The summed E-state index contributed by atoms with van der Waals surface area (Å²) >= 11 is 1.52. The van der Waals surface area contributed by atoms with Crippen LogP contribution >= 0.6 is 11.3 Å². The van der Waals surface area contributed by atoms with Crippen molar-refractivity contribution in [2.45, 2.75) is 19.3 Å². The first-order valence-corrected chi connectivity index (χ1v) is 6.44. The summed E-state index contributed by atoms with van der Waals surface area (Å²) in [6, 6.07) is 3.85. The number of amides is 1. The maximum absolute atomic E-state index is 12.1. The van der Waals surface area contributed by atoms with Crippen molar-refractivity contribution in [1.29, 1.82) is 0 Å². The van der Waals surface area contributed by atoms with Crippen LogP contribution in [0.3, 0.4) is 0 Å². The highest BCUT2D eigenvalue weighted by Crippen LogP contribution is 2.19. The maximum atomic E-state index is 12.1. The van der Waals surface area contributed by atoms with Gasteiger partial charge in [0.2, 0.25) is 0 Å². The van der Waals surface area contributed by atoms with E-state index in [0.29, 0.717) is 0 Å². The van der Waals surface area contributed by atoms with Gasteiger partial charge in [0, 0.05) is 31.2 Å². The number of carbonyl (C=O) groups excluding carboxylic acids is 1. The summed E-state index contributed by atoms with van der Waals surface area (Å²) in [4.78, 5) is 19.9. The van der Waals surface area contributed by atoms with Gasteiger partial charge in [-0.15, -0.1) is 11.3 Å². The number of likely N-dealkylation sites (tertiary alicyclic amines) is 1. The van der Waals surface area contributed by atoms with Gasteiger partial charge in [-0.1, -0.05) is 0 Å². The van der Waals surface area contributed by atoms with Gasteiger partial charge in [-0.25, -0.2) is 0 Å². The fraction of sp³-hybridized carbons (Fsp3) is 0.500. The van der Waals surface area contributed by atoms with Crippen LogP contribution < -0.4 is 0 Å². The minimum Gasteiger partial charge on any atom is -0.338 e. The topological polar surface area (TPSA) is 32.7 Å². The lowest BCUT2D eigenvalue weighted by Gasteiger charge is -2.26. The fourth-order valence-corrected chi connectivity index (χ4v) is 2.82. The molecule has 1 aliphatic heterocycles. The van der Waals surface area contributed by atoms with Gasteiger partial charge in [0.15, 0.2) is 0 Å². The van der Waals surface area contributed by atoms with E-state index in [1.54, 1.807) is 13.3 Å². The Morgan fingerprint density at radius 3 is 2.81 bits per heavy atom. The van der Waals surface area contributed by atoms with E-state index in [1.807, 2.05) is 17.0 Å². The van der Waals surface area contributed by atoms with Gasteiger partial charge in [-0.2, -0.15) is 0 Å². The molecule has 1 saturated heterocycles. The van der Waals surface area contributed by atoms with Gasteiger partial charge in [0.05, 0.1) is 4.88 Å². The summed E-state index contributed by atoms with van der Waals surface area (Å²) in [5.74, 6) is 0.181. The Morgan fingerprint density at radius 1 is 1.38 bits per heavy atom. The van der Waals surface area contributed by atoms with Crippen LogP contribution in [0.5, 0.6) is 0 Å². The predicted octanol–water partition coefficient (Wildman–Crippen LogP) is 2.42. The molecule has 1 aromatic heterocycles. The normalized spacial score (nSPS) is 16.9. The molecular weight excluding hydrogens is 220 g/mol. The molecule has 1 aromatic rings. The summed E-state index contributed by atoms with van der Waals surface area (Å²) in [6.07, 6.45) is 5.32. The lowest BCUT2D eigenvalue weighted by molar-refractivity contribution is 0.0729. The van der Waals surface area contributed by atoms with Crippen molar-refractivity contribution in [2.75, 3.05) is 20.1 Å². The summed E-state index contributed by atoms with van der Waals surface area (Å²) in [6.45, 7) is 1.82. The predicted molar refractivity (Wildman–Crippen MR) is 67.6 cm³/mol. The molecular formula is C12H16N2OS. The number of rotatable bonds is 2. The zero-order chi connectivity index (χ0) is 11.4. The molecule has 1 amide bonds. The lowest BCUT2D eigenvalue weighted by atomic mass is 10.1. The number of hydrogen-bond acceptors (Lipinski definition) is 3. The quantitative estimate of drug-likeness (QED) is 0.726. The van der Waals surface area contributed by atoms with Crippen molar-refractivity contribution in [2.24, 2.45) is 4.99 Å². The van der Waals surface area contributed by atoms with E-state index in [0.717, 1.165) is 35.7 Å². The largest absolute Gasteiger partial charge is 0.338 e. The van der Waals surface area contributed by atoms with Crippen molar-refractivity contribution < 1.29 is 4.79 Å². The molecule has 0 N–H and O–H groups in total. The Hall–Kier alpha value is -1.16. The minimum atomic E-state index is 0.181. The molecule has 1 fully saturated rings. The third-order valence-electron chi connectivity index (χ3n) is 2.74. The van der Waals surface area contributed by atoms with E-state index in [4.69, 9.17) is 0 Å². The van der Waals surface area contributed by atoms with Crippen LogP contribution in [0, 0.1) is 0 Å². The number of hydrogen-bond donors (Lipinski definition) is 0. The lowest BCUT2D eigenvalue weighted by Crippen LogP contribution is -2.35. The Morgan fingerprint density at radius 2 is 2.12 bits per heavy atom. The highest BCUT2D eigenvalue weighted by molar-refractivity contribution is 7.15. The van der Waals surface area contributed by atoms with E-state index in [-0.39, 0.29) is 5.91 Å². The summed E-state index contributed by atoms with van der Waals surface area (Å²) in [5.41, 5.74) is 0. The van der Waals surface area contributed by atoms with E-state index in [2.05, 4.69) is 4.99 Å². The molecule has 2 rings (SSSR count). The second-order valence-corrected chi connectivity index (χ2v) is 5.06. The first-order valence-electron chi connectivity index (χ1n) is 5.62. The van der Waals surface area contributed by atoms with E-state index in [1.165, 1.54) is 17.8 Å². The molecule has 0 saturated carbocycles. The summed E-state index contributed by atoms with van der Waals surface area (Å²) < 4.78 is 0. The molecule has 2 heterocycles. The Bertz CT molecular complexity index is 391. The van der Waals surface area contributed by atoms with Crippen LogP contribution in [-0.4, -0.2) is 37.2 Å². The van der Waals surface area contributed by atoms with Gasteiger partial charge in [-0.05, 0) is 31.4 Å². The molecule has 0 bridgehead atoms. The third kappa shape index (κ3) is 2.50. The van der Waals surface area contributed by atoms with Crippen LogP contribution in [0.15, 0.2) is 17.1 Å². The van der Waals surface area contributed by atoms with Gasteiger partial charge >= 0.3 is 0 Å². The molecule has 0 aliphatic carbocycles. The first kappa shape index (κ1) is 11.3. The molecule has 0 aromatic carbocycles. The third-order valence-corrected chi connectivity index (χ3v) is 3.74. The van der Waals surface area contributed by atoms with Gasteiger partial charge < -0.3 is 4.90 Å². The summed E-state index contributed by atoms with van der Waals surface area (Å²) in [7, 11) is 1.74. The molecule has 86 valence electrons. The zero-order valence-electron chi connectivity index (χ0n) is 9.48. The van der Waals surface area contributed by atoms with Crippen LogP contribution in [0.4, 0.5) is 0 Å². The molecule has 3 nitrogen and oxygen atoms in total. The number of carbonyl (C=O) groups is 1. The highest BCUT2D eigenvalue weighted by Gasteiger charge is 2.19. The van der Waals surface area contributed by atoms with Gasteiger partial charge in [-0.3, -0.25) is 9.79 Å². The van der Waals surface area contributed by atoms with Crippen LogP contribution in [-0.2, 0) is 0 Å². The molecule has 1 aliphatic rings. The highest BCUT2D eigenvalue weighted by atomic mass is 32.1. The average molecular weight is 236 g/mol. The molecule has 0 unspecified atom stereocenters. The van der Waals surface area contributed by atoms with Crippen LogP contribution in [0.2, 0.25) is 0 Å². The Balaban J connectivity index is 2.07. The number of thiophene rings is 1.